The lowest BCUT2D eigenvalue weighted by Crippen LogP contribution is -2.44. The van der Waals surface area contributed by atoms with Gasteiger partial charge in [0.1, 0.15) is 6.54 Å². The van der Waals surface area contributed by atoms with Crippen LogP contribution in [0.2, 0.25) is 0 Å². The highest BCUT2D eigenvalue weighted by Gasteiger charge is 2.35. The van der Waals surface area contributed by atoms with Crippen LogP contribution < -0.4 is 9.44 Å². The van der Waals surface area contributed by atoms with Gasteiger partial charge in [-0.25, -0.2) is 0 Å². The van der Waals surface area contributed by atoms with E-state index in [1.807, 2.05) is 4.72 Å². The third-order valence-corrected chi connectivity index (χ3v) is 4.04. The number of rotatable bonds is 4. The van der Waals surface area contributed by atoms with Gasteiger partial charge in [0.05, 0.1) is 12.1 Å². The molecule has 0 fully saturated rings. The van der Waals surface area contributed by atoms with E-state index < -0.39 is 35.1 Å². The summed E-state index contributed by atoms with van der Waals surface area (Å²) < 4.78 is 62.6. The summed E-state index contributed by atoms with van der Waals surface area (Å²) in [5, 5.41) is 9.82. The molecule has 0 heterocycles. The number of halogens is 3. The normalized spacial score (nSPS) is 22.8. The number of alkyl halides is 3. The molecule has 0 amide bonds. The largest absolute Gasteiger partial charge is 0.402 e. The van der Waals surface area contributed by atoms with E-state index in [1.54, 1.807) is 24.3 Å². The number of fused-ring (bicyclic) bond motifs is 1. The predicted octanol–water partition coefficient (Wildman–Crippen LogP) is 0.631. The molecule has 2 atom stereocenters. The highest BCUT2D eigenvalue weighted by Crippen LogP contribution is 2.31. The van der Waals surface area contributed by atoms with Crippen molar-refractivity contribution in [1.82, 2.24) is 9.44 Å². The number of nitrogens with one attached hydrogen (secondary N) is 2. The van der Waals surface area contributed by atoms with E-state index in [0.29, 0.717) is 5.56 Å². The van der Waals surface area contributed by atoms with E-state index in [-0.39, 0.29) is 6.42 Å². The second-order valence-electron chi connectivity index (χ2n) is 4.51. The molecule has 0 saturated carbocycles. The summed E-state index contributed by atoms with van der Waals surface area (Å²) in [6, 6.07) is 5.82. The van der Waals surface area contributed by atoms with Crippen LogP contribution in [0.1, 0.15) is 17.2 Å². The number of hydrogen-bond donors (Lipinski definition) is 3. The number of aliphatic hydroxyl groups is 1. The van der Waals surface area contributed by atoms with Gasteiger partial charge in [-0.3, -0.25) is 0 Å². The molecular formula is C11H13F3N2O3S. The van der Waals surface area contributed by atoms with E-state index in [1.165, 1.54) is 4.72 Å². The Balaban J connectivity index is 2.10. The van der Waals surface area contributed by atoms with Gasteiger partial charge in [-0.1, -0.05) is 24.3 Å². The monoisotopic (exact) mass is 310 g/mol. The zero-order valence-electron chi connectivity index (χ0n) is 10.2. The van der Waals surface area contributed by atoms with Crippen molar-refractivity contribution in [2.75, 3.05) is 6.54 Å². The summed E-state index contributed by atoms with van der Waals surface area (Å²) in [5.74, 6) is 0. The van der Waals surface area contributed by atoms with Crippen LogP contribution in [-0.4, -0.2) is 32.3 Å². The first-order valence-corrected chi connectivity index (χ1v) is 7.26. The fraction of sp³-hybridized carbons (Fsp3) is 0.455. The maximum absolute atomic E-state index is 12.0. The van der Waals surface area contributed by atoms with Gasteiger partial charge in [-0.05, 0) is 11.1 Å². The molecule has 1 aromatic rings. The summed E-state index contributed by atoms with van der Waals surface area (Å²) in [6.45, 7) is -1.66. The van der Waals surface area contributed by atoms with Gasteiger partial charge >= 0.3 is 6.18 Å². The Bertz CT molecular complexity index is 589. The lowest BCUT2D eigenvalue weighted by molar-refractivity contribution is -0.121. The van der Waals surface area contributed by atoms with Gasteiger partial charge in [0, 0.05) is 6.42 Å². The van der Waals surface area contributed by atoms with Crippen molar-refractivity contribution in [2.45, 2.75) is 24.7 Å². The Hall–Kier alpha value is -1.16. The fourth-order valence-electron chi connectivity index (χ4n) is 2.10. The average molecular weight is 310 g/mol. The standard InChI is InChI=1S/C11H13F3N2O3S/c12-11(13,14)6-15-20(18,19)16-10-8-4-2-1-3-7(8)5-9(10)17/h1-4,9-10,15-17H,5-6H2. The zero-order chi connectivity index (χ0) is 15.0. The first-order valence-electron chi connectivity index (χ1n) is 5.77. The average Bonchev–Trinajstić information content (AvgIpc) is 2.63. The second-order valence-corrected chi connectivity index (χ2v) is 6.04. The smallest absolute Gasteiger partial charge is 0.391 e. The van der Waals surface area contributed by atoms with Crippen molar-refractivity contribution >= 4 is 10.2 Å². The molecule has 1 aromatic carbocycles. The lowest BCUT2D eigenvalue weighted by Gasteiger charge is -2.18. The maximum atomic E-state index is 12.0. The molecule has 0 bridgehead atoms. The highest BCUT2D eigenvalue weighted by atomic mass is 32.2. The highest BCUT2D eigenvalue weighted by molar-refractivity contribution is 7.87. The van der Waals surface area contributed by atoms with Crippen molar-refractivity contribution in [3.63, 3.8) is 0 Å². The quantitative estimate of drug-likeness (QED) is 0.763. The SMILES string of the molecule is O=S(=O)(NCC(F)(F)F)NC1c2ccccc2CC1O. The van der Waals surface area contributed by atoms with Gasteiger partial charge in [0.15, 0.2) is 0 Å². The minimum atomic E-state index is -4.64. The van der Waals surface area contributed by atoms with E-state index >= 15 is 0 Å². The van der Waals surface area contributed by atoms with E-state index in [9.17, 15) is 26.7 Å². The molecule has 0 spiro atoms. The first kappa shape index (κ1) is 15.2. The lowest BCUT2D eigenvalue weighted by atomic mass is 10.1. The van der Waals surface area contributed by atoms with Crippen LogP contribution in [0.25, 0.3) is 0 Å². The summed E-state index contributed by atoms with van der Waals surface area (Å²) in [4.78, 5) is 0. The third-order valence-electron chi connectivity index (χ3n) is 2.95. The summed E-state index contributed by atoms with van der Waals surface area (Å²) >= 11 is 0. The molecule has 3 N–H and O–H groups in total. The predicted molar refractivity (Wildman–Crippen MR) is 65.0 cm³/mol. The summed E-state index contributed by atoms with van der Waals surface area (Å²) in [7, 11) is -4.35. The van der Waals surface area contributed by atoms with Crippen molar-refractivity contribution in [3.05, 3.63) is 35.4 Å². The van der Waals surface area contributed by atoms with Crippen molar-refractivity contribution in [1.29, 1.82) is 0 Å². The molecule has 2 rings (SSSR count). The molecule has 112 valence electrons. The van der Waals surface area contributed by atoms with Crippen molar-refractivity contribution in [2.24, 2.45) is 0 Å². The molecular weight excluding hydrogens is 297 g/mol. The zero-order valence-corrected chi connectivity index (χ0v) is 11.0. The number of hydrogen-bond acceptors (Lipinski definition) is 3. The number of benzene rings is 1. The van der Waals surface area contributed by atoms with Crippen LogP contribution in [0.15, 0.2) is 24.3 Å². The van der Waals surface area contributed by atoms with Gasteiger partial charge in [-0.15, -0.1) is 0 Å². The molecule has 1 aliphatic carbocycles. The fourth-order valence-corrected chi connectivity index (χ4v) is 3.16. The molecule has 20 heavy (non-hydrogen) atoms. The van der Waals surface area contributed by atoms with Crippen molar-refractivity contribution < 1.29 is 26.7 Å². The second kappa shape index (κ2) is 5.32. The van der Waals surface area contributed by atoms with E-state index in [0.717, 1.165) is 5.56 Å². The van der Waals surface area contributed by atoms with Crippen LogP contribution in [0.5, 0.6) is 0 Å². The molecule has 2 unspecified atom stereocenters. The van der Waals surface area contributed by atoms with Crippen LogP contribution in [0.4, 0.5) is 13.2 Å². The maximum Gasteiger partial charge on any atom is 0.402 e. The third kappa shape index (κ3) is 3.69. The molecule has 0 aliphatic heterocycles. The molecule has 5 nitrogen and oxygen atoms in total. The van der Waals surface area contributed by atoms with E-state index in [2.05, 4.69) is 0 Å². The van der Waals surface area contributed by atoms with Crippen molar-refractivity contribution in [3.8, 4) is 0 Å². The Morgan fingerprint density at radius 1 is 1.30 bits per heavy atom. The topological polar surface area (TPSA) is 78.4 Å². The van der Waals surface area contributed by atoms with Crippen LogP contribution in [0, 0.1) is 0 Å². The van der Waals surface area contributed by atoms with Gasteiger partial charge < -0.3 is 5.11 Å². The molecule has 0 aromatic heterocycles. The van der Waals surface area contributed by atoms with Crippen LogP contribution >= 0.6 is 0 Å². The Kier molecular flexibility index (Phi) is 4.05. The van der Waals surface area contributed by atoms with Crippen LogP contribution in [0.3, 0.4) is 0 Å². The Morgan fingerprint density at radius 3 is 2.60 bits per heavy atom. The Labute approximate surface area is 114 Å². The molecule has 0 saturated heterocycles. The number of aliphatic hydroxyl groups excluding tert-OH is 1. The molecule has 0 radical (unpaired) electrons. The Morgan fingerprint density at radius 2 is 1.95 bits per heavy atom. The minimum Gasteiger partial charge on any atom is -0.391 e. The minimum absolute atomic E-state index is 0.253. The summed E-state index contributed by atoms with van der Waals surface area (Å²) in [5.41, 5.74) is 1.33. The molecule has 9 heteroatoms. The van der Waals surface area contributed by atoms with Crippen LogP contribution in [-0.2, 0) is 16.6 Å². The first-order chi connectivity index (χ1) is 9.18. The van der Waals surface area contributed by atoms with E-state index in [4.69, 9.17) is 0 Å². The van der Waals surface area contributed by atoms with Gasteiger partial charge in [0.25, 0.3) is 10.2 Å². The summed E-state index contributed by atoms with van der Waals surface area (Å²) in [6.07, 6.45) is -5.39. The van der Waals surface area contributed by atoms with Gasteiger partial charge in [-0.2, -0.15) is 31.0 Å². The van der Waals surface area contributed by atoms with Gasteiger partial charge in [0.2, 0.25) is 0 Å². The molecule has 1 aliphatic rings.